The van der Waals surface area contributed by atoms with Crippen molar-refractivity contribution in [2.24, 2.45) is 0 Å². The summed E-state index contributed by atoms with van der Waals surface area (Å²) >= 11 is 12.2. The topological polar surface area (TPSA) is 55.4 Å². The number of rotatable bonds is 8. The first-order valence-corrected chi connectivity index (χ1v) is 9.53. The fourth-order valence-corrected chi connectivity index (χ4v) is 3.08. The van der Waals surface area contributed by atoms with Gasteiger partial charge in [-0.2, -0.15) is 0 Å². The minimum absolute atomic E-state index is 0.0159. The van der Waals surface area contributed by atoms with Crippen molar-refractivity contribution in [3.8, 4) is 5.75 Å². The molecule has 0 heterocycles. The maximum atomic E-state index is 11.5. The molecule has 0 aromatic heterocycles. The summed E-state index contributed by atoms with van der Waals surface area (Å²) < 4.78 is 28.6. The second kappa shape index (κ2) is 7.18. The van der Waals surface area contributed by atoms with Crippen LogP contribution in [0.4, 0.5) is 0 Å². The van der Waals surface area contributed by atoms with E-state index in [1.54, 1.807) is 19.1 Å². The van der Waals surface area contributed by atoms with Crippen LogP contribution in [0.3, 0.4) is 0 Å². The first kappa shape index (κ1) is 16.9. The van der Waals surface area contributed by atoms with Gasteiger partial charge >= 0.3 is 0 Å². The lowest BCUT2D eigenvalue weighted by molar-refractivity contribution is 0.336. The molecule has 1 fully saturated rings. The monoisotopic (exact) mass is 351 g/mol. The third-order valence-corrected chi connectivity index (χ3v) is 5.49. The van der Waals surface area contributed by atoms with Crippen molar-refractivity contribution in [3.05, 3.63) is 27.7 Å². The molecule has 0 unspecified atom stereocenters. The summed E-state index contributed by atoms with van der Waals surface area (Å²) in [4.78, 5) is 0. The van der Waals surface area contributed by atoms with Crippen molar-refractivity contribution in [2.75, 3.05) is 18.1 Å². The number of nitrogens with one attached hydrogen (secondary N) is 1. The zero-order valence-corrected chi connectivity index (χ0v) is 14.2. The quantitative estimate of drug-likeness (QED) is 0.781. The molecule has 1 N–H and O–H groups in total. The molecule has 0 spiro atoms. The molecule has 4 nitrogen and oxygen atoms in total. The molecule has 1 aromatic carbocycles. The van der Waals surface area contributed by atoms with Gasteiger partial charge in [0.2, 0.25) is 0 Å². The highest BCUT2D eigenvalue weighted by atomic mass is 35.5. The van der Waals surface area contributed by atoms with Crippen LogP contribution in [0.15, 0.2) is 12.1 Å². The predicted octanol–water partition coefficient (Wildman–Crippen LogP) is 3.06. The Balaban J connectivity index is 2.04. The maximum absolute atomic E-state index is 11.5. The van der Waals surface area contributed by atoms with Crippen molar-refractivity contribution in [2.45, 2.75) is 32.4 Å². The molecular formula is C14H19Cl2NO3S. The number of hydrogen-bond acceptors (Lipinski definition) is 4. The third kappa shape index (κ3) is 5.33. The molecule has 0 saturated heterocycles. The smallest absolute Gasteiger partial charge is 0.153 e. The van der Waals surface area contributed by atoms with E-state index in [0.29, 0.717) is 28.4 Å². The Hall–Kier alpha value is -0.490. The molecule has 1 saturated carbocycles. The first-order valence-electron chi connectivity index (χ1n) is 6.96. The molecule has 7 heteroatoms. The Labute approximate surface area is 135 Å². The fourth-order valence-electron chi connectivity index (χ4n) is 1.86. The lowest BCUT2D eigenvalue weighted by atomic mass is 10.2. The normalized spacial score (nSPS) is 15.2. The van der Waals surface area contributed by atoms with Gasteiger partial charge in [0.1, 0.15) is 12.4 Å². The number of hydrogen-bond donors (Lipinski definition) is 1. The van der Waals surface area contributed by atoms with Gasteiger partial charge in [-0.1, -0.05) is 30.1 Å². The van der Waals surface area contributed by atoms with Crippen LogP contribution in [0.1, 0.15) is 25.3 Å². The van der Waals surface area contributed by atoms with Gasteiger partial charge in [0.15, 0.2) is 9.84 Å². The Morgan fingerprint density at radius 3 is 2.67 bits per heavy atom. The van der Waals surface area contributed by atoms with E-state index < -0.39 is 9.84 Å². The summed E-state index contributed by atoms with van der Waals surface area (Å²) in [5.41, 5.74) is 0.855. The summed E-state index contributed by atoms with van der Waals surface area (Å²) in [5, 5.41) is 4.32. The number of benzene rings is 1. The minimum atomic E-state index is -3.05. The van der Waals surface area contributed by atoms with Gasteiger partial charge in [-0.15, -0.1) is 0 Å². The van der Waals surface area contributed by atoms with Crippen molar-refractivity contribution >= 4 is 33.0 Å². The van der Waals surface area contributed by atoms with Gasteiger partial charge in [0.05, 0.1) is 10.8 Å². The first-order chi connectivity index (χ1) is 9.91. The second-order valence-corrected chi connectivity index (χ2v) is 8.43. The van der Waals surface area contributed by atoms with Gasteiger partial charge in [-0.25, -0.2) is 8.42 Å². The fraction of sp³-hybridized carbons (Fsp3) is 0.571. The maximum Gasteiger partial charge on any atom is 0.153 e. The highest BCUT2D eigenvalue weighted by molar-refractivity contribution is 7.91. The van der Waals surface area contributed by atoms with Crippen LogP contribution in [0.25, 0.3) is 0 Å². The van der Waals surface area contributed by atoms with E-state index in [1.165, 1.54) is 12.8 Å². The van der Waals surface area contributed by atoms with Crippen LogP contribution in [0.2, 0.25) is 10.0 Å². The minimum Gasteiger partial charge on any atom is -0.491 e. The Bertz CT molecular complexity index is 600. The lowest BCUT2D eigenvalue weighted by Gasteiger charge is -2.14. The van der Waals surface area contributed by atoms with Crippen LogP contribution in [-0.2, 0) is 16.4 Å². The molecular weight excluding hydrogens is 333 g/mol. The van der Waals surface area contributed by atoms with Gasteiger partial charge in [0, 0.05) is 28.9 Å². The molecule has 0 radical (unpaired) electrons. The summed E-state index contributed by atoms with van der Waals surface area (Å²) in [6, 6.07) is 3.95. The number of sulfone groups is 1. The molecule has 21 heavy (non-hydrogen) atoms. The molecule has 1 aromatic rings. The van der Waals surface area contributed by atoms with Crippen LogP contribution in [0.5, 0.6) is 5.75 Å². The molecule has 0 amide bonds. The molecule has 1 aliphatic rings. The van der Waals surface area contributed by atoms with E-state index >= 15 is 0 Å². The van der Waals surface area contributed by atoms with E-state index in [-0.39, 0.29) is 18.1 Å². The number of halogens is 2. The lowest BCUT2D eigenvalue weighted by Crippen LogP contribution is -2.18. The molecule has 118 valence electrons. The van der Waals surface area contributed by atoms with E-state index in [2.05, 4.69) is 5.32 Å². The summed E-state index contributed by atoms with van der Waals surface area (Å²) in [6.07, 6.45) is 2.36. The van der Waals surface area contributed by atoms with E-state index in [1.807, 2.05) is 0 Å². The molecule has 0 atom stereocenters. The average molecular weight is 352 g/mol. The molecule has 0 aliphatic heterocycles. The van der Waals surface area contributed by atoms with Crippen LogP contribution >= 0.6 is 23.2 Å². The summed E-state index contributed by atoms with van der Waals surface area (Å²) in [5.74, 6) is 0.610. The highest BCUT2D eigenvalue weighted by Crippen LogP contribution is 2.33. The highest BCUT2D eigenvalue weighted by Gasteiger charge is 2.21. The summed E-state index contributed by atoms with van der Waals surface area (Å²) in [7, 11) is -3.05. The van der Waals surface area contributed by atoms with Crippen LogP contribution in [0, 0.1) is 0 Å². The van der Waals surface area contributed by atoms with Crippen molar-refractivity contribution in [1.82, 2.24) is 5.32 Å². The van der Waals surface area contributed by atoms with E-state index in [9.17, 15) is 8.42 Å². The standard InChI is InChI=1S/C14H19Cl2NO3S/c1-2-21(18,19)6-5-20-14-10(9-17-12-3-4-12)7-11(15)8-13(14)16/h7-8,12,17H,2-6,9H2,1H3. The van der Waals surface area contributed by atoms with E-state index in [4.69, 9.17) is 27.9 Å². The number of ether oxygens (including phenoxy) is 1. The van der Waals surface area contributed by atoms with Crippen molar-refractivity contribution in [3.63, 3.8) is 0 Å². The second-order valence-electron chi connectivity index (χ2n) is 5.12. The molecule has 0 bridgehead atoms. The Morgan fingerprint density at radius 2 is 2.05 bits per heavy atom. The van der Waals surface area contributed by atoms with Crippen molar-refractivity contribution in [1.29, 1.82) is 0 Å². The summed E-state index contributed by atoms with van der Waals surface area (Å²) in [6.45, 7) is 2.32. The van der Waals surface area contributed by atoms with Gasteiger partial charge < -0.3 is 10.1 Å². The molecule has 2 rings (SSSR count). The zero-order valence-electron chi connectivity index (χ0n) is 11.9. The Morgan fingerprint density at radius 1 is 1.33 bits per heavy atom. The van der Waals surface area contributed by atoms with Gasteiger partial charge in [-0.3, -0.25) is 0 Å². The Kier molecular flexibility index (Phi) is 5.77. The van der Waals surface area contributed by atoms with Crippen LogP contribution in [-0.4, -0.2) is 32.6 Å². The molecule has 1 aliphatic carbocycles. The van der Waals surface area contributed by atoms with Crippen LogP contribution < -0.4 is 10.1 Å². The predicted molar refractivity (Wildman–Crippen MR) is 86.1 cm³/mol. The van der Waals surface area contributed by atoms with Crippen molar-refractivity contribution < 1.29 is 13.2 Å². The largest absolute Gasteiger partial charge is 0.491 e. The zero-order chi connectivity index (χ0) is 15.5. The average Bonchev–Trinajstić information content (AvgIpc) is 3.23. The van der Waals surface area contributed by atoms with E-state index in [0.717, 1.165) is 5.56 Å². The third-order valence-electron chi connectivity index (χ3n) is 3.32. The van der Waals surface area contributed by atoms with Gasteiger partial charge in [-0.05, 0) is 25.0 Å². The van der Waals surface area contributed by atoms with Gasteiger partial charge in [0.25, 0.3) is 0 Å². The SMILES string of the molecule is CCS(=O)(=O)CCOc1c(Cl)cc(Cl)cc1CNC1CC1.